The number of aryl methyl sites for hydroxylation is 1. The van der Waals surface area contributed by atoms with E-state index in [1.807, 2.05) is 26.0 Å². The van der Waals surface area contributed by atoms with Gasteiger partial charge in [-0.25, -0.2) is 4.98 Å². The Morgan fingerprint density at radius 1 is 1.15 bits per heavy atom. The van der Waals surface area contributed by atoms with Crippen LogP contribution in [0.2, 0.25) is 0 Å². The van der Waals surface area contributed by atoms with E-state index >= 15 is 0 Å². The first kappa shape index (κ1) is 16.7. The number of hydrazine groups is 1. The number of carbonyl (C=O) groups is 1. The van der Waals surface area contributed by atoms with Crippen molar-refractivity contribution in [1.29, 1.82) is 0 Å². The maximum Gasteiger partial charge on any atom is 0.266 e. The van der Waals surface area contributed by atoms with E-state index in [1.165, 1.54) is 11.9 Å². The highest BCUT2D eigenvalue weighted by Gasteiger charge is 2.20. The van der Waals surface area contributed by atoms with Crippen LogP contribution in [0, 0.1) is 6.92 Å². The Bertz CT molecular complexity index is 898. The van der Waals surface area contributed by atoms with E-state index in [1.54, 1.807) is 12.4 Å². The minimum absolute atomic E-state index is 0.234. The number of aromatic nitrogens is 2. The minimum Gasteiger partial charge on any atom is -0.486 e. The van der Waals surface area contributed by atoms with E-state index in [9.17, 15) is 4.79 Å². The maximum atomic E-state index is 12.2. The first-order chi connectivity index (χ1) is 12.6. The molecule has 0 saturated carbocycles. The van der Waals surface area contributed by atoms with Crippen molar-refractivity contribution in [2.75, 3.05) is 18.5 Å². The number of carbonyl (C=O) groups excluding carboxylic acids is 1. The minimum atomic E-state index is -0.234. The van der Waals surface area contributed by atoms with Gasteiger partial charge in [0, 0.05) is 11.3 Å². The topological polar surface area (TPSA) is 97.4 Å². The van der Waals surface area contributed by atoms with Gasteiger partial charge in [-0.1, -0.05) is 0 Å². The molecule has 4 rings (SSSR count). The summed E-state index contributed by atoms with van der Waals surface area (Å²) in [4.78, 5) is 24.4. The van der Waals surface area contributed by atoms with Crippen LogP contribution in [0.3, 0.4) is 0 Å². The highest BCUT2D eigenvalue weighted by Crippen LogP contribution is 2.36. The molecule has 0 atom stereocenters. The Hall–Kier alpha value is -2.78. The third kappa shape index (κ3) is 3.18. The number of amides is 1. The van der Waals surface area contributed by atoms with Gasteiger partial charge in [-0.2, -0.15) is 4.83 Å². The Balaban J connectivity index is 1.55. The molecule has 0 fully saturated rings. The highest BCUT2D eigenvalue weighted by molar-refractivity contribution is 8.02. The van der Waals surface area contributed by atoms with Crippen LogP contribution in [-0.4, -0.2) is 29.1 Å². The number of rotatable bonds is 3. The predicted octanol–water partition coefficient (Wildman–Crippen LogP) is 2.15. The first-order valence-electron chi connectivity index (χ1n) is 8.04. The van der Waals surface area contributed by atoms with Gasteiger partial charge in [-0.3, -0.25) is 9.78 Å². The third-order valence-electron chi connectivity index (χ3n) is 4.00. The summed E-state index contributed by atoms with van der Waals surface area (Å²) in [7, 11) is 0. The molecule has 0 spiro atoms. The van der Waals surface area contributed by atoms with Crippen molar-refractivity contribution in [1.82, 2.24) is 20.2 Å². The zero-order chi connectivity index (χ0) is 18.1. The molecule has 134 valence electrons. The molecule has 1 aromatic carbocycles. The molecule has 2 aromatic rings. The standard InChI is InChI=1S/C17H17N5O3S/c1-9-5-13-14(25-4-3-24-13)6-11(9)12-7-19-15(8-18-12)20-17(23)16-10(2)21-22-26-16/h5-8,21-22H,3-4H2,1-2H3,(H,19,20,23). The number of nitrogens with one attached hydrogen (secondary N) is 3. The number of nitrogens with zero attached hydrogens (tertiary/aromatic N) is 2. The van der Waals surface area contributed by atoms with Crippen molar-refractivity contribution in [3.63, 3.8) is 0 Å². The van der Waals surface area contributed by atoms with E-state index in [0.717, 1.165) is 22.6 Å². The number of hydrogen-bond acceptors (Lipinski definition) is 8. The lowest BCUT2D eigenvalue weighted by molar-refractivity contribution is -0.112. The second-order valence-electron chi connectivity index (χ2n) is 5.84. The fraction of sp³-hybridized carbons (Fsp3) is 0.235. The molecule has 3 N–H and O–H groups in total. The van der Waals surface area contributed by atoms with Gasteiger partial charge in [-0.15, -0.1) is 0 Å². The quantitative estimate of drug-likeness (QED) is 0.706. The van der Waals surface area contributed by atoms with Crippen LogP contribution in [0.5, 0.6) is 11.5 Å². The van der Waals surface area contributed by atoms with E-state index < -0.39 is 0 Å². The molecule has 0 unspecified atom stereocenters. The monoisotopic (exact) mass is 371 g/mol. The van der Waals surface area contributed by atoms with E-state index in [4.69, 9.17) is 9.47 Å². The third-order valence-corrected chi connectivity index (χ3v) is 4.90. The molecule has 0 aliphatic carbocycles. The summed E-state index contributed by atoms with van der Waals surface area (Å²) in [5.74, 6) is 1.61. The highest BCUT2D eigenvalue weighted by atomic mass is 32.2. The molecule has 0 bridgehead atoms. The molecule has 26 heavy (non-hydrogen) atoms. The van der Waals surface area contributed by atoms with Gasteiger partial charge in [0.15, 0.2) is 17.3 Å². The molecular weight excluding hydrogens is 354 g/mol. The SMILES string of the molecule is CC1=C(C(=O)Nc2cnc(-c3cc4c(cc3C)OCCO4)cn2)SNN1. The molecule has 0 radical (unpaired) electrons. The second kappa shape index (κ2) is 6.85. The Kier molecular flexibility index (Phi) is 4.39. The maximum absolute atomic E-state index is 12.2. The molecule has 1 aromatic heterocycles. The average molecular weight is 371 g/mol. The predicted molar refractivity (Wildman–Crippen MR) is 98.4 cm³/mol. The largest absolute Gasteiger partial charge is 0.486 e. The van der Waals surface area contributed by atoms with Gasteiger partial charge >= 0.3 is 0 Å². The van der Waals surface area contributed by atoms with Crippen molar-refractivity contribution < 1.29 is 14.3 Å². The molecule has 0 saturated heterocycles. The van der Waals surface area contributed by atoms with E-state index in [0.29, 0.717) is 35.4 Å². The van der Waals surface area contributed by atoms with Crippen LogP contribution in [-0.2, 0) is 4.79 Å². The lowest BCUT2D eigenvalue weighted by Gasteiger charge is -2.20. The fourth-order valence-corrected chi connectivity index (χ4v) is 3.33. The van der Waals surface area contributed by atoms with Crippen molar-refractivity contribution in [2.24, 2.45) is 0 Å². The smallest absolute Gasteiger partial charge is 0.266 e. The molecule has 9 heteroatoms. The average Bonchev–Trinajstić information content (AvgIpc) is 3.08. The summed E-state index contributed by atoms with van der Waals surface area (Å²) >= 11 is 1.23. The molecule has 2 aliphatic rings. The number of fused-ring (bicyclic) bond motifs is 1. The van der Waals surface area contributed by atoms with Crippen LogP contribution in [0.1, 0.15) is 12.5 Å². The lowest BCUT2D eigenvalue weighted by Crippen LogP contribution is -2.16. The van der Waals surface area contributed by atoms with Crippen LogP contribution < -0.4 is 25.0 Å². The number of hydrogen-bond donors (Lipinski definition) is 3. The number of allylic oxidation sites excluding steroid dienone is 1. The lowest BCUT2D eigenvalue weighted by atomic mass is 10.0. The van der Waals surface area contributed by atoms with Crippen LogP contribution >= 0.6 is 11.9 Å². The normalized spacial score (nSPS) is 15.6. The summed E-state index contributed by atoms with van der Waals surface area (Å²) in [5.41, 5.74) is 6.27. The first-order valence-corrected chi connectivity index (χ1v) is 8.86. The van der Waals surface area contributed by atoms with Crippen molar-refractivity contribution in [3.05, 3.63) is 40.7 Å². The summed E-state index contributed by atoms with van der Waals surface area (Å²) in [5, 5.41) is 2.74. The molecule has 3 heterocycles. The molecule has 1 amide bonds. The fourth-order valence-electron chi connectivity index (χ4n) is 2.67. The molecular formula is C17H17N5O3S. The van der Waals surface area contributed by atoms with Gasteiger partial charge in [-0.05, 0) is 43.5 Å². The van der Waals surface area contributed by atoms with Gasteiger partial charge < -0.3 is 20.2 Å². The van der Waals surface area contributed by atoms with Crippen molar-refractivity contribution in [2.45, 2.75) is 13.8 Å². The molecule has 8 nitrogen and oxygen atoms in total. The Morgan fingerprint density at radius 3 is 2.58 bits per heavy atom. The number of benzene rings is 1. The van der Waals surface area contributed by atoms with Crippen LogP contribution in [0.15, 0.2) is 35.1 Å². The number of anilines is 1. The van der Waals surface area contributed by atoms with Gasteiger partial charge in [0.1, 0.15) is 18.1 Å². The Labute approximate surface area is 154 Å². The van der Waals surface area contributed by atoms with Crippen molar-refractivity contribution in [3.8, 4) is 22.8 Å². The molecule has 2 aliphatic heterocycles. The second-order valence-corrected chi connectivity index (χ2v) is 6.65. The number of ether oxygens (including phenoxy) is 2. The summed E-state index contributed by atoms with van der Waals surface area (Å²) in [6.07, 6.45) is 3.17. The summed E-state index contributed by atoms with van der Waals surface area (Å²) in [6, 6.07) is 3.85. The van der Waals surface area contributed by atoms with Gasteiger partial charge in [0.05, 0.1) is 18.1 Å². The zero-order valence-electron chi connectivity index (χ0n) is 14.3. The van der Waals surface area contributed by atoms with Gasteiger partial charge in [0.25, 0.3) is 5.91 Å². The van der Waals surface area contributed by atoms with Crippen molar-refractivity contribution >= 4 is 23.7 Å². The van der Waals surface area contributed by atoms with Gasteiger partial charge in [0.2, 0.25) is 0 Å². The van der Waals surface area contributed by atoms with Crippen LogP contribution in [0.25, 0.3) is 11.3 Å². The van der Waals surface area contributed by atoms with Crippen LogP contribution in [0.4, 0.5) is 5.82 Å². The Morgan fingerprint density at radius 2 is 1.92 bits per heavy atom. The van der Waals surface area contributed by atoms with E-state index in [2.05, 4.69) is 25.5 Å². The van der Waals surface area contributed by atoms with E-state index in [-0.39, 0.29) is 5.91 Å². The summed E-state index contributed by atoms with van der Waals surface area (Å²) < 4.78 is 11.2. The zero-order valence-corrected chi connectivity index (χ0v) is 15.1. The summed E-state index contributed by atoms with van der Waals surface area (Å²) in [6.45, 7) is 4.89.